The molecule has 4 heteroatoms. The summed E-state index contributed by atoms with van der Waals surface area (Å²) >= 11 is 1.57. The van der Waals surface area contributed by atoms with Crippen molar-refractivity contribution >= 4 is 17.7 Å². The highest BCUT2D eigenvalue weighted by molar-refractivity contribution is 8.00. The molecule has 1 aromatic carbocycles. The number of benzene rings is 1. The molecule has 1 amide bonds. The van der Waals surface area contributed by atoms with Crippen molar-refractivity contribution in [3.8, 4) is 0 Å². The first-order chi connectivity index (χ1) is 9.56. The molecule has 106 valence electrons. The van der Waals surface area contributed by atoms with E-state index in [0.717, 1.165) is 16.4 Å². The molecular formula is C16H19NO2S. The molecule has 0 fully saturated rings. The van der Waals surface area contributed by atoms with E-state index in [1.54, 1.807) is 16.7 Å². The van der Waals surface area contributed by atoms with Crippen LogP contribution in [0, 0.1) is 6.92 Å². The Bertz CT molecular complexity index is 565. The molecule has 0 bridgehead atoms. The molecule has 0 aliphatic carbocycles. The van der Waals surface area contributed by atoms with Gasteiger partial charge in [-0.2, -0.15) is 0 Å². The summed E-state index contributed by atoms with van der Waals surface area (Å²) in [5.74, 6) is 1.79. The van der Waals surface area contributed by atoms with Crippen LogP contribution in [0.2, 0.25) is 0 Å². The fourth-order valence-electron chi connectivity index (χ4n) is 1.95. The lowest BCUT2D eigenvalue weighted by Gasteiger charge is -2.20. The van der Waals surface area contributed by atoms with Gasteiger partial charge in [-0.25, -0.2) is 0 Å². The second-order valence-corrected chi connectivity index (χ2v) is 6.19. The Morgan fingerprint density at radius 1 is 1.25 bits per heavy atom. The summed E-state index contributed by atoms with van der Waals surface area (Å²) in [7, 11) is 1.81. The van der Waals surface area contributed by atoms with Crippen LogP contribution in [0.3, 0.4) is 0 Å². The number of carbonyl (C=O) groups is 1. The predicted octanol–water partition coefficient (Wildman–Crippen LogP) is 3.73. The number of carbonyl (C=O) groups excluding carboxylic acids is 1. The van der Waals surface area contributed by atoms with E-state index in [4.69, 9.17) is 4.42 Å². The van der Waals surface area contributed by atoms with E-state index in [2.05, 4.69) is 0 Å². The SMILES string of the molecule is Cc1ccc(CN(C)C(=O)C(C)Sc2ccccc2)o1. The maximum absolute atomic E-state index is 12.3. The Hall–Kier alpha value is -1.68. The van der Waals surface area contributed by atoms with E-state index in [0.29, 0.717) is 6.54 Å². The van der Waals surface area contributed by atoms with E-state index >= 15 is 0 Å². The maximum atomic E-state index is 12.3. The minimum Gasteiger partial charge on any atom is -0.464 e. The van der Waals surface area contributed by atoms with Gasteiger partial charge in [0.15, 0.2) is 0 Å². The van der Waals surface area contributed by atoms with Crippen molar-refractivity contribution in [3.05, 3.63) is 54.0 Å². The largest absolute Gasteiger partial charge is 0.464 e. The van der Waals surface area contributed by atoms with E-state index < -0.39 is 0 Å². The number of hydrogen-bond donors (Lipinski definition) is 0. The van der Waals surface area contributed by atoms with Crippen molar-refractivity contribution in [3.63, 3.8) is 0 Å². The number of aryl methyl sites for hydroxylation is 1. The van der Waals surface area contributed by atoms with Gasteiger partial charge in [0.25, 0.3) is 0 Å². The van der Waals surface area contributed by atoms with Gasteiger partial charge in [0.2, 0.25) is 5.91 Å². The molecule has 0 aliphatic rings. The third-order valence-corrected chi connectivity index (χ3v) is 4.07. The molecular weight excluding hydrogens is 270 g/mol. The van der Waals surface area contributed by atoms with Crippen LogP contribution in [0.1, 0.15) is 18.4 Å². The summed E-state index contributed by atoms with van der Waals surface area (Å²) in [5.41, 5.74) is 0. The smallest absolute Gasteiger partial charge is 0.235 e. The Balaban J connectivity index is 1.92. The Kier molecular flexibility index (Phi) is 4.90. The zero-order valence-electron chi connectivity index (χ0n) is 12.0. The zero-order chi connectivity index (χ0) is 14.5. The van der Waals surface area contributed by atoms with Crippen LogP contribution in [-0.4, -0.2) is 23.1 Å². The van der Waals surface area contributed by atoms with Crippen molar-refractivity contribution < 1.29 is 9.21 Å². The summed E-state index contributed by atoms with van der Waals surface area (Å²) in [6.07, 6.45) is 0. The molecule has 0 radical (unpaired) electrons. The molecule has 1 heterocycles. The second-order valence-electron chi connectivity index (χ2n) is 4.78. The van der Waals surface area contributed by atoms with Gasteiger partial charge in [-0.3, -0.25) is 4.79 Å². The fourth-order valence-corrected chi connectivity index (χ4v) is 2.95. The van der Waals surface area contributed by atoms with E-state index in [-0.39, 0.29) is 11.2 Å². The monoisotopic (exact) mass is 289 g/mol. The number of rotatable bonds is 5. The first kappa shape index (κ1) is 14.7. The zero-order valence-corrected chi connectivity index (χ0v) is 12.8. The van der Waals surface area contributed by atoms with Gasteiger partial charge in [0.05, 0.1) is 11.8 Å². The Labute approximate surface area is 124 Å². The average molecular weight is 289 g/mol. The van der Waals surface area contributed by atoms with Gasteiger partial charge >= 0.3 is 0 Å². The minimum atomic E-state index is -0.113. The summed E-state index contributed by atoms with van der Waals surface area (Å²) in [4.78, 5) is 15.1. The van der Waals surface area contributed by atoms with Crippen LogP contribution in [0.15, 0.2) is 51.8 Å². The summed E-state index contributed by atoms with van der Waals surface area (Å²) in [6, 6.07) is 13.8. The van der Waals surface area contributed by atoms with Gasteiger partial charge in [0.1, 0.15) is 11.5 Å². The molecule has 2 rings (SSSR count). The van der Waals surface area contributed by atoms with E-state index in [1.807, 2.05) is 63.4 Å². The van der Waals surface area contributed by atoms with Crippen molar-refractivity contribution in [2.45, 2.75) is 30.5 Å². The number of hydrogen-bond acceptors (Lipinski definition) is 3. The minimum absolute atomic E-state index is 0.105. The van der Waals surface area contributed by atoms with Crippen LogP contribution < -0.4 is 0 Å². The lowest BCUT2D eigenvalue weighted by Crippen LogP contribution is -2.32. The average Bonchev–Trinajstić information content (AvgIpc) is 2.84. The normalized spacial score (nSPS) is 12.2. The van der Waals surface area contributed by atoms with Crippen molar-refractivity contribution in [2.24, 2.45) is 0 Å². The van der Waals surface area contributed by atoms with Gasteiger partial charge in [-0.1, -0.05) is 18.2 Å². The summed E-state index contributed by atoms with van der Waals surface area (Å²) < 4.78 is 5.50. The third-order valence-electron chi connectivity index (χ3n) is 2.97. The molecule has 1 atom stereocenters. The van der Waals surface area contributed by atoms with Crippen molar-refractivity contribution in [1.82, 2.24) is 4.90 Å². The number of amides is 1. The van der Waals surface area contributed by atoms with Crippen molar-refractivity contribution in [1.29, 1.82) is 0 Å². The number of furan rings is 1. The summed E-state index contributed by atoms with van der Waals surface area (Å²) in [6.45, 7) is 4.34. The highest BCUT2D eigenvalue weighted by Gasteiger charge is 2.19. The van der Waals surface area contributed by atoms with E-state index in [1.165, 1.54) is 0 Å². The first-order valence-corrected chi connectivity index (χ1v) is 7.46. The van der Waals surface area contributed by atoms with Crippen LogP contribution >= 0.6 is 11.8 Å². The predicted molar refractivity (Wildman–Crippen MR) is 81.7 cm³/mol. The third kappa shape index (κ3) is 3.90. The fraction of sp³-hybridized carbons (Fsp3) is 0.312. The second kappa shape index (κ2) is 6.66. The van der Waals surface area contributed by atoms with Crippen LogP contribution in [-0.2, 0) is 11.3 Å². The molecule has 0 N–H and O–H groups in total. The summed E-state index contributed by atoms with van der Waals surface area (Å²) in [5, 5.41) is -0.113. The number of nitrogens with zero attached hydrogens (tertiary/aromatic N) is 1. The molecule has 2 aromatic rings. The van der Waals surface area contributed by atoms with Gasteiger partial charge in [-0.15, -0.1) is 11.8 Å². The Morgan fingerprint density at radius 2 is 1.95 bits per heavy atom. The lowest BCUT2D eigenvalue weighted by atomic mass is 10.3. The highest BCUT2D eigenvalue weighted by Crippen LogP contribution is 2.24. The van der Waals surface area contributed by atoms with Gasteiger partial charge in [0, 0.05) is 11.9 Å². The molecule has 0 saturated heterocycles. The number of thioether (sulfide) groups is 1. The van der Waals surface area contributed by atoms with Crippen LogP contribution in [0.5, 0.6) is 0 Å². The highest BCUT2D eigenvalue weighted by atomic mass is 32.2. The molecule has 0 aliphatic heterocycles. The quantitative estimate of drug-likeness (QED) is 0.786. The van der Waals surface area contributed by atoms with Crippen molar-refractivity contribution in [2.75, 3.05) is 7.05 Å². The molecule has 0 spiro atoms. The first-order valence-electron chi connectivity index (χ1n) is 6.58. The molecule has 0 saturated carbocycles. The van der Waals surface area contributed by atoms with Crippen LogP contribution in [0.4, 0.5) is 0 Å². The molecule has 20 heavy (non-hydrogen) atoms. The Morgan fingerprint density at radius 3 is 2.55 bits per heavy atom. The topological polar surface area (TPSA) is 33.5 Å². The maximum Gasteiger partial charge on any atom is 0.235 e. The molecule has 1 aromatic heterocycles. The van der Waals surface area contributed by atoms with Gasteiger partial charge in [-0.05, 0) is 38.1 Å². The molecule has 1 unspecified atom stereocenters. The lowest BCUT2D eigenvalue weighted by molar-refractivity contribution is -0.129. The molecule has 3 nitrogen and oxygen atoms in total. The van der Waals surface area contributed by atoms with Crippen LogP contribution in [0.25, 0.3) is 0 Å². The van der Waals surface area contributed by atoms with E-state index in [9.17, 15) is 4.79 Å². The standard InChI is InChI=1S/C16H19NO2S/c1-12-9-10-14(19-12)11-17(3)16(18)13(2)20-15-7-5-4-6-8-15/h4-10,13H,11H2,1-3H3. The van der Waals surface area contributed by atoms with Gasteiger partial charge < -0.3 is 9.32 Å².